The maximum absolute atomic E-state index is 12.7. The summed E-state index contributed by atoms with van der Waals surface area (Å²) in [5.41, 5.74) is -0.888. The normalized spacial score (nSPS) is 29.2. The first-order valence-corrected chi connectivity index (χ1v) is 9.01. The Balaban J connectivity index is 1.55. The van der Waals surface area contributed by atoms with Crippen molar-refractivity contribution < 1.29 is 23.9 Å². The third kappa shape index (κ3) is 3.34. The summed E-state index contributed by atoms with van der Waals surface area (Å²) in [6, 6.07) is -0.554. The molecule has 25 heavy (non-hydrogen) atoms. The van der Waals surface area contributed by atoms with E-state index in [-0.39, 0.29) is 24.3 Å². The Labute approximate surface area is 146 Å². The molecule has 2 aliphatic heterocycles. The summed E-state index contributed by atoms with van der Waals surface area (Å²) < 4.78 is 4.97. The summed E-state index contributed by atoms with van der Waals surface area (Å²) >= 11 is 0. The van der Waals surface area contributed by atoms with Gasteiger partial charge in [-0.15, -0.1) is 0 Å². The van der Waals surface area contributed by atoms with Crippen molar-refractivity contribution in [3.8, 4) is 0 Å². The van der Waals surface area contributed by atoms with Crippen molar-refractivity contribution in [2.24, 2.45) is 5.92 Å². The van der Waals surface area contributed by atoms with Crippen LogP contribution in [0.25, 0.3) is 0 Å². The molecule has 3 aliphatic rings. The fourth-order valence-electron chi connectivity index (χ4n) is 4.01. The number of carbonyl (C=O) groups is 4. The van der Waals surface area contributed by atoms with Crippen molar-refractivity contribution in [1.82, 2.24) is 15.1 Å². The standard InChI is InChI=1S/C17H25N3O5/c1-12-6-2-3-7-17(12)15(23)20(16(24)18-17)10-14(22)25-11-13(21)19-8-4-5-9-19/h12H,2-11H2,1H3,(H,18,24)/t12-,17+/m0/s1. The van der Waals surface area contributed by atoms with Gasteiger partial charge < -0.3 is 15.0 Å². The van der Waals surface area contributed by atoms with E-state index in [1.54, 1.807) is 4.90 Å². The van der Waals surface area contributed by atoms with Gasteiger partial charge in [-0.2, -0.15) is 0 Å². The number of nitrogens with one attached hydrogen (secondary N) is 1. The lowest BCUT2D eigenvalue weighted by atomic mass is 9.73. The van der Waals surface area contributed by atoms with Crippen LogP contribution in [0.15, 0.2) is 0 Å². The fourth-order valence-corrected chi connectivity index (χ4v) is 4.01. The molecule has 8 heteroatoms. The van der Waals surface area contributed by atoms with Crippen molar-refractivity contribution in [3.63, 3.8) is 0 Å². The Morgan fingerprint density at radius 2 is 1.92 bits per heavy atom. The van der Waals surface area contributed by atoms with E-state index in [9.17, 15) is 19.2 Å². The van der Waals surface area contributed by atoms with Crippen LogP contribution >= 0.6 is 0 Å². The molecule has 0 aromatic heterocycles. The van der Waals surface area contributed by atoms with Crippen LogP contribution in [0.2, 0.25) is 0 Å². The van der Waals surface area contributed by atoms with Gasteiger partial charge in [0.25, 0.3) is 11.8 Å². The number of ether oxygens (including phenoxy) is 1. The van der Waals surface area contributed by atoms with Crippen LogP contribution in [-0.4, -0.2) is 65.4 Å². The second-order valence-corrected chi connectivity index (χ2v) is 7.19. The van der Waals surface area contributed by atoms with Crippen LogP contribution in [0, 0.1) is 5.92 Å². The molecule has 0 bridgehead atoms. The quantitative estimate of drug-likeness (QED) is 0.593. The highest BCUT2D eigenvalue weighted by Gasteiger charge is 2.55. The molecule has 1 aliphatic carbocycles. The van der Waals surface area contributed by atoms with E-state index in [2.05, 4.69) is 5.32 Å². The van der Waals surface area contributed by atoms with E-state index in [0.717, 1.165) is 37.0 Å². The van der Waals surface area contributed by atoms with E-state index < -0.39 is 24.1 Å². The number of likely N-dealkylation sites (tertiary alicyclic amines) is 1. The molecule has 1 N–H and O–H groups in total. The van der Waals surface area contributed by atoms with Crippen LogP contribution in [0.3, 0.4) is 0 Å². The summed E-state index contributed by atoms with van der Waals surface area (Å²) in [6.45, 7) is 2.53. The van der Waals surface area contributed by atoms with E-state index >= 15 is 0 Å². The van der Waals surface area contributed by atoms with E-state index in [4.69, 9.17) is 4.74 Å². The first kappa shape index (κ1) is 17.7. The van der Waals surface area contributed by atoms with Crippen LogP contribution in [-0.2, 0) is 19.1 Å². The predicted octanol–water partition coefficient (Wildman–Crippen LogP) is 0.653. The summed E-state index contributed by atoms with van der Waals surface area (Å²) in [5, 5.41) is 2.79. The van der Waals surface area contributed by atoms with Crippen molar-refractivity contribution in [2.45, 2.75) is 51.0 Å². The number of hydrogen-bond acceptors (Lipinski definition) is 5. The Kier molecular flexibility index (Phi) is 4.96. The van der Waals surface area contributed by atoms with Crippen LogP contribution < -0.4 is 5.32 Å². The molecule has 3 fully saturated rings. The molecule has 8 nitrogen and oxygen atoms in total. The van der Waals surface area contributed by atoms with Gasteiger partial charge in [0.05, 0.1) is 0 Å². The maximum atomic E-state index is 12.7. The molecule has 2 saturated heterocycles. The SMILES string of the molecule is C[C@H]1CCCC[C@@]12NC(=O)N(CC(=O)OCC(=O)N1CCCC1)C2=O. The Morgan fingerprint density at radius 3 is 2.60 bits per heavy atom. The third-order valence-corrected chi connectivity index (χ3v) is 5.60. The van der Waals surface area contributed by atoms with Gasteiger partial charge in [0.1, 0.15) is 12.1 Å². The lowest BCUT2D eigenvalue weighted by Crippen LogP contribution is -2.54. The molecule has 0 aromatic carbocycles. The number of urea groups is 1. The first-order valence-electron chi connectivity index (χ1n) is 9.01. The highest BCUT2D eigenvalue weighted by Crippen LogP contribution is 2.38. The van der Waals surface area contributed by atoms with Crippen molar-refractivity contribution >= 4 is 23.8 Å². The molecule has 1 saturated carbocycles. The molecule has 0 radical (unpaired) electrons. The maximum Gasteiger partial charge on any atom is 0.326 e. The molecule has 0 aromatic rings. The highest BCUT2D eigenvalue weighted by atomic mass is 16.5. The summed E-state index contributed by atoms with van der Waals surface area (Å²) in [4.78, 5) is 51.4. The van der Waals surface area contributed by atoms with Gasteiger partial charge in [0.15, 0.2) is 6.61 Å². The number of carbonyl (C=O) groups excluding carboxylic acids is 4. The molecule has 4 amide bonds. The Morgan fingerprint density at radius 1 is 1.20 bits per heavy atom. The number of rotatable bonds is 4. The van der Waals surface area contributed by atoms with Gasteiger partial charge in [0.2, 0.25) is 0 Å². The average Bonchev–Trinajstić information content (AvgIpc) is 3.20. The van der Waals surface area contributed by atoms with E-state index in [0.29, 0.717) is 19.5 Å². The molecular weight excluding hydrogens is 326 g/mol. The van der Waals surface area contributed by atoms with Crippen LogP contribution in [0.5, 0.6) is 0 Å². The lowest BCUT2D eigenvalue weighted by molar-refractivity contribution is -0.153. The fraction of sp³-hybridized carbons (Fsp3) is 0.765. The number of amides is 4. The number of esters is 1. The Hall–Kier alpha value is -2.12. The third-order valence-electron chi connectivity index (χ3n) is 5.60. The van der Waals surface area contributed by atoms with Gasteiger partial charge in [-0.1, -0.05) is 19.8 Å². The molecule has 0 unspecified atom stereocenters. The minimum absolute atomic E-state index is 0.0375. The monoisotopic (exact) mass is 351 g/mol. The average molecular weight is 351 g/mol. The van der Waals surface area contributed by atoms with Crippen LogP contribution in [0.4, 0.5) is 4.79 Å². The number of imide groups is 1. The molecule has 2 heterocycles. The molecule has 138 valence electrons. The van der Waals surface area contributed by atoms with Crippen molar-refractivity contribution in [1.29, 1.82) is 0 Å². The van der Waals surface area contributed by atoms with Gasteiger partial charge in [-0.05, 0) is 31.6 Å². The molecule has 1 spiro atoms. The van der Waals surface area contributed by atoms with Gasteiger partial charge in [-0.3, -0.25) is 19.3 Å². The Bertz CT molecular complexity index is 587. The molecular formula is C17H25N3O5. The van der Waals surface area contributed by atoms with Gasteiger partial charge in [0, 0.05) is 13.1 Å². The second kappa shape index (κ2) is 7.01. The van der Waals surface area contributed by atoms with Gasteiger partial charge in [-0.25, -0.2) is 4.79 Å². The number of nitrogens with zero attached hydrogens (tertiary/aromatic N) is 2. The summed E-state index contributed by atoms with van der Waals surface area (Å²) in [7, 11) is 0. The van der Waals surface area contributed by atoms with E-state index in [1.165, 1.54) is 0 Å². The van der Waals surface area contributed by atoms with E-state index in [1.807, 2.05) is 6.92 Å². The zero-order valence-corrected chi connectivity index (χ0v) is 14.6. The topological polar surface area (TPSA) is 96.0 Å². The molecule has 3 rings (SSSR count). The highest BCUT2D eigenvalue weighted by molar-refractivity contribution is 6.09. The zero-order chi connectivity index (χ0) is 18.0. The first-order chi connectivity index (χ1) is 11.9. The summed E-state index contributed by atoms with van der Waals surface area (Å²) in [5.74, 6) is -1.29. The lowest BCUT2D eigenvalue weighted by Gasteiger charge is -2.36. The van der Waals surface area contributed by atoms with Crippen molar-refractivity contribution in [2.75, 3.05) is 26.2 Å². The van der Waals surface area contributed by atoms with Crippen LogP contribution in [0.1, 0.15) is 45.4 Å². The zero-order valence-electron chi connectivity index (χ0n) is 14.6. The van der Waals surface area contributed by atoms with Gasteiger partial charge >= 0.3 is 12.0 Å². The minimum atomic E-state index is -0.888. The predicted molar refractivity (Wildman–Crippen MR) is 87.4 cm³/mol. The number of hydrogen-bond donors (Lipinski definition) is 1. The minimum Gasteiger partial charge on any atom is -0.454 e. The largest absolute Gasteiger partial charge is 0.454 e. The molecule has 2 atom stereocenters. The summed E-state index contributed by atoms with van der Waals surface area (Å²) in [6.07, 6.45) is 5.29. The second-order valence-electron chi connectivity index (χ2n) is 7.19. The van der Waals surface area contributed by atoms with Crippen molar-refractivity contribution in [3.05, 3.63) is 0 Å². The smallest absolute Gasteiger partial charge is 0.326 e.